The average molecular weight is 805 g/mol. The Labute approximate surface area is 298 Å². The minimum atomic E-state index is -6.33. The van der Waals surface area contributed by atoms with E-state index < -0.39 is 95.0 Å². The van der Waals surface area contributed by atoms with Gasteiger partial charge in [0.25, 0.3) is 5.60 Å². The van der Waals surface area contributed by atoms with Crippen LogP contribution in [0.1, 0.15) is 110 Å². The lowest BCUT2D eigenvalue weighted by molar-refractivity contribution is -0.401. The molecule has 0 heterocycles. The molecule has 0 aromatic heterocycles. The first-order chi connectivity index (χ1) is 23.8. The van der Waals surface area contributed by atoms with Gasteiger partial charge in [-0.25, -0.2) is 0 Å². The van der Waals surface area contributed by atoms with Gasteiger partial charge in [0.15, 0.2) is 5.41 Å². The topological polar surface area (TPSA) is 58.9 Å². The fraction of sp³-hybridized carbons (Fsp3) is 0.824. The van der Waals surface area contributed by atoms with Gasteiger partial charge in [0, 0.05) is 12.2 Å². The van der Waals surface area contributed by atoms with Crippen LogP contribution in [0, 0.1) is 17.3 Å². The molecule has 1 aromatic carbocycles. The molecule has 2 fully saturated rings. The highest BCUT2D eigenvalue weighted by Crippen LogP contribution is 2.57. The zero-order chi connectivity index (χ0) is 41.8. The first-order valence-corrected chi connectivity index (χ1v) is 16.8. The van der Waals surface area contributed by atoms with Gasteiger partial charge in [-0.2, -0.15) is 65.9 Å². The third-order valence-electron chi connectivity index (χ3n) is 10.7. The van der Waals surface area contributed by atoms with E-state index in [1.54, 1.807) is 13.8 Å². The lowest BCUT2D eigenvalue weighted by Gasteiger charge is -2.39. The third kappa shape index (κ3) is 10.3. The average Bonchev–Trinajstić information content (AvgIpc) is 3.62. The van der Waals surface area contributed by atoms with Gasteiger partial charge < -0.3 is 19.7 Å². The molecule has 0 saturated heterocycles. The summed E-state index contributed by atoms with van der Waals surface area (Å²) >= 11 is 0. The highest BCUT2D eigenvalue weighted by molar-refractivity contribution is 5.42. The van der Waals surface area contributed by atoms with E-state index in [4.69, 9.17) is 0 Å². The van der Waals surface area contributed by atoms with E-state index >= 15 is 0 Å². The van der Waals surface area contributed by atoms with E-state index in [1.165, 1.54) is 27.7 Å². The number of rotatable bonds is 10. The first-order valence-electron chi connectivity index (χ1n) is 16.8. The van der Waals surface area contributed by atoms with Crippen molar-refractivity contribution in [2.75, 3.05) is 13.4 Å². The lowest BCUT2D eigenvalue weighted by Crippen LogP contribution is -2.57. The second kappa shape index (κ2) is 17.4. The van der Waals surface area contributed by atoms with Crippen molar-refractivity contribution in [3.05, 3.63) is 34.9 Å². The van der Waals surface area contributed by atoms with Crippen molar-refractivity contribution in [2.24, 2.45) is 17.3 Å². The molecule has 2 saturated carbocycles. The Hall–Kier alpha value is -1.99. The van der Waals surface area contributed by atoms with Gasteiger partial charge in [-0.05, 0) is 81.3 Å². The second-order valence-corrected chi connectivity index (χ2v) is 13.8. The summed E-state index contributed by atoms with van der Waals surface area (Å²) < 4.78 is 210. The molecule has 0 amide bonds. The van der Waals surface area contributed by atoms with Crippen molar-refractivity contribution in [2.45, 2.75) is 147 Å². The van der Waals surface area contributed by atoms with Crippen LogP contribution in [-0.2, 0) is 20.5 Å². The van der Waals surface area contributed by atoms with Crippen LogP contribution in [0.2, 0.25) is 0 Å². The molecule has 0 radical (unpaired) electrons. The molecule has 2 N–H and O–H groups in total. The van der Waals surface area contributed by atoms with Crippen LogP contribution < -0.4 is 0 Å². The largest absolute Gasteiger partial charge is 0.430 e. The molecule has 0 aliphatic heterocycles. The maximum absolute atomic E-state index is 14.0. The van der Waals surface area contributed by atoms with E-state index in [0.29, 0.717) is 17.9 Å². The molecule has 4 nitrogen and oxygen atoms in total. The van der Waals surface area contributed by atoms with Gasteiger partial charge in [-0.15, -0.1) is 0 Å². The molecular formula is C34H47F15O4. The summed E-state index contributed by atoms with van der Waals surface area (Å²) in [6, 6.07) is 0.177. The Kier molecular flexibility index (Phi) is 16.1. The van der Waals surface area contributed by atoms with E-state index in [1.807, 2.05) is 0 Å². The van der Waals surface area contributed by atoms with Gasteiger partial charge in [-0.3, -0.25) is 0 Å². The van der Waals surface area contributed by atoms with Crippen molar-refractivity contribution >= 4 is 0 Å². The summed E-state index contributed by atoms with van der Waals surface area (Å²) in [6.07, 6.45) is -26.1. The Balaban J connectivity index is 0.000000590. The van der Waals surface area contributed by atoms with Gasteiger partial charge in [0.2, 0.25) is 0 Å². The number of benzene rings is 1. The van der Waals surface area contributed by atoms with Crippen LogP contribution in [0.4, 0.5) is 65.9 Å². The summed E-state index contributed by atoms with van der Waals surface area (Å²) in [5.41, 5.74) is -15.9. The normalized spacial score (nSPS) is 22.2. The summed E-state index contributed by atoms with van der Waals surface area (Å²) in [7, 11) is 0. The van der Waals surface area contributed by atoms with Gasteiger partial charge >= 0.3 is 30.9 Å². The Bertz CT molecular complexity index is 1240. The maximum Gasteiger partial charge on any atom is 0.430 e. The molecule has 2 aliphatic carbocycles. The van der Waals surface area contributed by atoms with Crippen LogP contribution in [0.5, 0.6) is 0 Å². The van der Waals surface area contributed by atoms with Crippen LogP contribution in [-0.4, -0.2) is 66.7 Å². The molecule has 0 spiro atoms. The number of aliphatic hydroxyl groups excluding tert-OH is 2. The summed E-state index contributed by atoms with van der Waals surface area (Å²) in [5.74, 6) is -0.148. The lowest BCUT2D eigenvalue weighted by atomic mass is 9.76. The Morgan fingerprint density at radius 2 is 1.06 bits per heavy atom. The highest BCUT2D eigenvalue weighted by Gasteiger charge is 2.74. The van der Waals surface area contributed by atoms with Crippen molar-refractivity contribution in [1.29, 1.82) is 0 Å². The van der Waals surface area contributed by atoms with Gasteiger partial charge in [-0.1, -0.05) is 52.8 Å². The van der Waals surface area contributed by atoms with Crippen molar-refractivity contribution in [1.82, 2.24) is 0 Å². The molecule has 19 heteroatoms. The molecule has 312 valence electrons. The van der Waals surface area contributed by atoms with Crippen LogP contribution in [0.15, 0.2) is 18.2 Å². The number of halogens is 15. The third-order valence-corrected chi connectivity index (χ3v) is 10.7. The summed E-state index contributed by atoms with van der Waals surface area (Å²) in [6.45, 7) is 5.91. The van der Waals surface area contributed by atoms with Crippen molar-refractivity contribution in [3.8, 4) is 0 Å². The number of ether oxygens (including phenoxy) is 2. The van der Waals surface area contributed by atoms with E-state index in [2.05, 4.69) is 9.47 Å². The Morgan fingerprint density at radius 3 is 1.32 bits per heavy atom. The molecule has 1 aromatic rings. The molecular weight excluding hydrogens is 757 g/mol. The van der Waals surface area contributed by atoms with Crippen LogP contribution in [0.3, 0.4) is 0 Å². The SMILES string of the molecule is CCC(C)(CC)C(F)(F)F.CCOCOC(c1cc(C(C)CC)cc(C(C)(C(F)(F)F)C(F)(F)F)c1)(C(F)(F)F)C(F)(F)F.OC1C2CCC(C2)C1O. The predicted octanol–water partition coefficient (Wildman–Crippen LogP) is 11.4. The predicted molar refractivity (Wildman–Crippen MR) is 164 cm³/mol. The van der Waals surface area contributed by atoms with Gasteiger partial charge in [0.05, 0.1) is 17.6 Å². The Morgan fingerprint density at radius 1 is 0.642 bits per heavy atom. The number of hydrogen-bond donors (Lipinski definition) is 2. The minimum Gasteiger partial charge on any atom is -0.390 e. The molecule has 3 rings (SSSR count). The molecule has 2 bridgehead atoms. The quantitative estimate of drug-likeness (QED) is 0.141. The molecule has 53 heavy (non-hydrogen) atoms. The zero-order valence-corrected chi connectivity index (χ0v) is 30.2. The standard InChI is InChI=1S/C20H22F12O2.C7H13F3.C7H12O2/c1-5-11(3)12-7-13(15(4,17(21,22)23)18(24,25)26)9-14(8-12)16(19(27,28)29,20(30,31)32)34-10-33-6-2;1-4-6(3,5-2)7(8,9)10;8-6-4-1-2-5(3-4)7(6)9/h7-9,11H,5-6,10H2,1-4H3;4-5H2,1-3H3;4-9H,1-3H2. The molecule has 5 unspecified atom stereocenters. The first kappa shape index (κ1) is 49.0. The zero-order valence-electron chi connectivity index (χ0n) is 30.2. The van der Waals surface area contributed by atoms with Crippen molar-refractivity contribution in [3.63, 3.8) is 0 Å². The molecule has 2 aliphatic rings. The van der Waals surface area contributed by atoms with E-state index in [-0.39, 0.29) is 38.9 Å². The van der Waals surface area contributed by atoms with E-state index in [0.717, 1.165) is 19.3 Å². The number of hydrogen-bond acceptors (Lipinski definition) is 4. The molecule has 5 atom stereocenters. The monoisotopic (exact) mass is 804 g/mol. The minimum absolute atomic E-state index is 0.0114. The van der Waals surface area contributed by atoms with Gasteiger partial charge in [0.1, 0.15) is 6.79 Å². The summed E-state index contributed by atoms with van der Waals surface area (Å²) in [4.78, 5) is 0. The maximum atomic E-state index is 14.0. The highest BCUT2D eigenvalue weighted by atomic mass is 19.4. The summed E-state index contributed by atoms with van der Waals surface area (Å²) in [5, 5.41) is 18.5. The number of alkyl halides is 15. The fourth-order valence-electron chi connectivity index (χ4n) is 5.98. The van der Waals surface area contributed by atoms with Crippen LogP contribution in [0.25, 0.3) is 0 Å². The van der Waals surface area contributed by atoms with E-state index in [9.17, 15) is 76.1 Å². The van der Waals surface area contributed by atoms with Crippen LogP contribution >= 0.6 is 0 Å². The van der Waals surface area contributed by atoms with Crippen molar-refractivity contribution < 1.29 is 85.5 Å². The number of fused-ring (bicyclic) bond motifs is 2. The number of aliphatic hydroxyl groups is 2. The second-order valence-electron chi connectivity index (χ2n) is 13.8. The smallest absolute Gasteiger partial charge is 0.390 e. The fourth-order valence-corrected chi connectivity index (χ4v) is 5.98.